The molecule has 2 rings (SSSR count). The van der Waals surface area contributed by atoms with E-state index in [1.165, 1.54) is 32.3 Å². The molecular weight excluding hydrogens is 347 g/mol. The molecule has 2 aromatic carbocycles. The lowest BCUT2D eigenvalue weighted by Gasteiger charge is -2.11. The molecule has 0 aliphatic heterocycles. The van der Waals surface area contributed by atoms with Crippen LogP contribution < -0.4 is 9.47 Å². The third kappa shape index (κ3) is 6.59. The van der Waals surface area contributed by atoms with Crippen molar-refractivity contribution in [1.82, 2.24) is 0 Å². The number of hydrogen-bond acceptors (Lipinski definition) is 3. The summed E-state index contributed by atoms with van der Waals surface area (Å²) >= 11 is 0. The van der Waals surface area contributed by atoms with Crippen molar-refractivity contribution >= 4 is 5.97 Å². The number of benzene rings is 2. The number of ether oxygens (including phenoxy) is 2. The smallest absolute Gasteiger partial charge is 0.344 e. The third-order valence-electron chi connectivity index (χ3n) is 4.29. The molecule has 0 radical (unpaired) electrons. The van der Waals surface area contributed by atoms with Crippen LogP contribution in [0, 0.1) is 5.82 Å². The molecule has 0 saturated carbocycles. The first-order chi connectivity index (χ1) is 13.0. The minimum absolute atomic E-state index is 0.268. The average Bonchev–Trinajstić information content (AvgIpc) is 2.66. The first-order valence-electron chi connectivity index (χ1n) is 9.43. The summed E-state index contributed by atoms with van der Waals surface area (Å²) in [6.45, 7) is 4.16. The molecule has 0 aliphatic carbocycles. The van der Waals surface area contributed by atoms with E-state index >= 15 is 0 Å². The molecule has 4 nitrogen and oxygen atoms in total. The zero-order valence-electron chi connectivity index (χ0n) is 15.9. The quantitative estimate of drug-likeness (QED) is 0.513. The molecule has 2 aromatic rings. The number of carboxylic acids is 1. The van der Waals surface area contributed by atoms with Crippen molar-refractivity contribution in [2.45, 2.75) is 52.1 Å². The minimum atomic E-state index is -1.03. The van der Waals surface area contributed by atoms with Gasteiger partial charge in [0, 0.05) is 0 Å². The van der Waals surface area contributed by atoms with Gasteiger partial charge in [0.05, 0.1) is 6.61 Å². The largest absolute Gasteiger partial charge is 0.491 e. The van der Waals surface area contributed by atoms with E-state index in [4.69, 9.17) is 14.6 Å². The zero-order chi connectivity index (χ0) is 19.6. The van der Waals surface area contributed by atoms with E-state index in [1.54, 1.807) is 30.3 Å². The van der Waals surface area contributed by atoms with Gasteiger partial charge in [-0.1, -0.05) is 50.8 Å². The van der Waals surface area contributed by atoms with Crippen molar-refractivity contribution in [3.63, 3.8) is 0 Å². The van der Waals surface area contributed by atoms with E-state index in [0.717, 1.165) is 24.0 Å². The van der Waals surface area contributed by atoms with Gasteiger partial charge in [-0.15, -0.1) is 0 Å². The number of hydrogen-bond donors (Lipinski definition) is 1. The van der Waals surface area contributed by atoms with Crippen LogP contribution in [0.5, 0.6) is 11.5 Å². The van der Waals surface area contributed by atoms with Gasteiger partial charge in [-0.05, 0) is 48.7 Å². The molecule has 0 bridgehead atoms. The molecule has 1 unspecified atom stereocenters. The normalized spacial score (nSPS) is 11.8. The van der Waals surface area contributed by atoms with Gasteiger partial charge in [0.25, 0.3) is 0 Å². The van der Waals surface area contributed by atoms with Crippen molar-refractivity contribution in [1.29, 1.82) is 0 Å². The number of halogens is 1. The topological polar surface area (TPSA) is 55.8 Å². The number of rotatable bonds is 11. The molecule has 0 heterocycles. The Morgan fingerprint density at radius 2 is 1.70 bits per heavy atom. The summed E-state index contributed by atoms with van der Waals surface area (Å²) in [5, 5.41) is 8.87. The predicted molar refractivity (Wildman–Crippen MR) is 104 cm³/mol. The van der Waals surface area contributed by atoms with Crippen molar-refractivity contribution < 1.29 is 23.8 Å². The Morgan fingerprint density at radius 1 is 1.04 bits per heavy atom. The Morgan fingerprint density at radius 3 is 2.33 bits per heavy atom. The highest BCUT2D eigenvalue weighted by atomic mass is 19.1. The molecule has 27 heavy (non-hydrogen) atoms. The molecule has 5 heteroatoms. The summed E-state index contributed by atoms with van der Waals surface area (Å²) in [6.07, 6.45) is 4.71. The number of unbranched alkanes of at least 4 members (excludes halogenated alkanes) is 4. The highest BCUT2D eigenvalue weighted by Gasteiger charge is 2.12. The van der Waals surface area contributed by atoms with Crippen LogP contribution in [0.15, 0.2) is 42.5 Å². The first-order valence-corrected chi connectivity index (χ1v) is 9.43. The van der Waals surface area contributed by atoms with Gasteiger partial charge in [0.15, 0.2) is 17.7 Å². The lowest BCUT2D eigenvalue weighted by atomic mass is 10.1. The average molecular weight is 374 g/mol. The van der Waals surface area contributed by atoms with Crippen molar-refractivity contribution in [2.75, 3.05) is 6.61 Å². The molecule has 1 N–H and O–H groups in total. The van der Waals surface area contributed by atoms with Gasteiger partial charge < -0.3 is 14.6 Å². The molecule has 0 saturated heterocycles. The second kappa shape index (κ2) is 10.6. The zero-order valence-corrected chi connectivity index (χ0v) is 15.9. The van der Waals surface area contributed by atoms with Crippen LogP contribution in [0.2, 0.25) is 0 Å². The SMILES string of the molecule is CCCCCCCOc1ccc(-c2ccc(OC(C)C(=O)O)cc2)cc1F. The van der Waals surface area contributed by atoms with E-state index in [1.807, 2.05) is 6.07 Å². The van der Waals surface area contributed by atoms with Crippen LogP contribution in [0.3, 0.4) is 0 Å². The highest BCUT2D eigenvalue weighted by molar-refractivity contribution is 5.72. The number of carbonyl (C=O) groups is 1. The standard InChI is InChI=1S/C22H27FO4/c1-3-4-5-6-7-14-26-21-13-10-18(15-20(21)23)17-8-11-19(12-9-17)27-16(2)22(24)25/h8-13,15-16H,3-7,14H2,1-2H3,(H,24,25). The third-order valence-corrected chi connectivity index (χ3v) is 4.29. The summed E-state index contributed by atoms with van der Waals surface area (Å²) < 4.78 is 25.1. The van der Waals surface area contributed by atoms with E-state index in [2.05, 4.69) is 6.92 Å². The Hall–Kier alpha value is -2.56. The molecule has 0 aromatic heterocycles. The maximum atomic E-state index is 14.3. The predicted octanol–water partition coefficient (Wildman–Crippen LogP) is 5.69. The number of carboxylic acid groups (broad SMARTS) is 1. The Balaban J connectivity index is 1.93. The van der Waals surface area contributed by atoms with Gasteiger partial charge >= 0.3 is 5.97 Å². The second-order valence-electron chi connectivity index (χ2n) is 6.53. The van der Waals surface area contributed by atoms with E-state index in [-0.39, 0.29) is 11.6 Å². The fourth-order valence-corrected chi connectivity index (χ4v) is 2.67. The fraction of sp³-hybridized carbons (Fsp3) is 0.409. The lowest BCUT2D eigenvalue weighted by Crippen LogP contribution is -2.22. The van der Waals surface area contributed by atoms with Crippen LogP contribution in [0.4, 0.5) is 4.39 Å². The maximum absolute atomic E-state index is 14.3. The lowest BCUT2D eigenvalue weighted by molar-refractivity contribution is -0.144. The van der Waals surface area contributed by atoms with Gasteiger partial charge in [-0.25, -0.2) is 9.18 Å². The molecular formula is C22H27FO4. The van der Waals surface area contributed by atoms with Crippen LogP contribution in [-0.4, -0.2) is 23.8 Å². The van der Waals surface area contributed by atoms with Crippen molar-refractivity contribution in [2.24, 2.45) is 0 Å². The van der Waals surface area contributed by atoms with Crippen LogP contribution in [0.25, 0.3) is 11.1 Å². The highest BCUT2D eigenvalue weighted by Crippen LogP contribution is 2.27. The Bertz CT molecular complexity index is 728. The summed E-state index contributed by atoms with van der Waals surface area (Å²) in [6, 6.07) is 11.8. The monoisotopic (exact) mass is 374 g/mol. The first kappa shape index (κ1) is 20.7. The van der Waals surface area contributed by atoms with E-state index in [9.17, 15) is 9.18 Å². The molecule has 0 fully saturated rings. The van der Waals surface area contributed by atoms with Crippen LogP contribution in [-0.2, 0) is 4.79 Å². The fourth-order valence-electron chi connectivity index (χ4n) is 2.67. The summed E-state index contributed by atoms with van der Waals surface area (Å²) in [4.78, 5) is 10.8. The van der Waals surface area contributed by atoms with Crippen molar-refractivity contribution in [3.05, 3.63) is 48.3 Å². The maximum Gasteiger partial charge on any atom is 0.344 e. The van der Waals surface area contributed by atoms with Gasteiger partial charge in [0.1, 0.15) is 5.75 Å². The summed E-state index contributed by atoms with van der Waals surface area (Å²) in [5.74, 6) is -0.690. The summed E-state index contributed by atoms with van der Waals surface area (Å²) in [7, 11) is 0. The van der Waals surface area contributed by atoms with E-state index in [0.29, 0.717) is 12.4 Å². The van der Waals surface area contributed by atoms with Crippen LogP contribution in [0.1, 0.15) is 46.0 Å². The molecule has 146 valence electrons. The van der Waals surface area contributed by atoms with Gasteiger partial charge in [-0.3, -0.25) is 0 Å². The van der Waals surface area contributed by atoms with E-state index < -0.39 is 12.1 Å². The minimum Gasteiger partial charge on any atom is -0.491 e. The number of aliphatic carboxylic acids is 1. The Labute approximate surface area is 159 Å². The molecule has 0 amide bonds. The van der Waals surface area contributed by atoms with Gasteiger partial charge in [0.2, 0.25) is 0 Å². The Kier molecular flexibility index (Phi) is 8.11. The molecule has 1 atom stereocenters. The molecule has 0 spiro atoms. The van der Waals surface area contributed by atoms with Crippen LogP contribution >= 0.6 is 0 Å². The van der Waals surface area contributed by atoms with Crippen molar-refractivity contribution in [3.8, 4) is 22.6 Å². The summed E-state index contributed by atoms with van der Waals surface area (Å²) in [5.41, 5.74) is 1.54. The second-order valence-corrected chi connectivity index (χ2v) is 6.53. The van der Waals surface area contributed by atoms with Gasteiger partial charge in [-0.2, -0.15) is 0 Å². The molecule has 0 aliphatic rings.